The highest BCUT2D eigenvalue weighted by molar-refractivity contribution is 7.21. The lowest BCUT2D eigenvalue weighted by Gasteiger charge is -2.41. The van der Waals surface area contributed by atoms with Gasteiger partial charge in [-0.2, -0.15) is 4.98 Å². The van der Waals surface area contributed by atoms with Crippen LogP contribution in [-0.2, 0) is 13.0 Å². The third kappa shape index (κ3) is 3.42. The van der Waals surface area contributed by atoms with Gasteiger partial charge in [0, 0.05) is 36.1 Å². The monoisotopic (exact) mass is 507 g/mol. The van der Waals surface area contributed by atoms with E-state index in [1.807, 2.05) is 19.2 Å². The summed E-state index contributed by atoms with van der Waals surface area (Å²) < 4.78 is 7.09. The van der Waals surface area contributed by atoms with Crippen molar-refractivity contribution in [3.8, 4) is 11.8 Å². The molecule has 1 spiro atoms. The van der Waals surface area contributed by atoms with Gasteiger partial charge in [-0.05, 0) is 50.0 Å². The zero-order chi connectivity index (χ0) is 23.7. The van der Waals surface area contributed by atoms with E-state index in [0.29, 0.717) is 28.7 Å². The van der Waals surface area contributed by atoms with Crippen LogP contribution in [0, 0.1) is 0 Å². The molecule has 5 heterocycles. The number of aromatic nitrogens is 4. The molecule has 3 aromatic heterocycles. The van der Waals surface area contributed by atoms with Gasteiger partial charge in [-0.3, -0.25) is 4.79 Å². The fourth-order valence-corrected chi connectivity index (χ4v) is 6.46. The van der Waals surface area contributed by atoms with Gasteiger partial charge < -0.3 is 20.3 Å². The van der Waals surface area contributed by atoms with Crippen LogP contribution in [0.1, 0.15) is 40.2 Å². The molecule has 1 aliphatic carbocycles. The molecule has 1 fully saturated rings. The van der Waals surface area contributed by atoms with Crippen LogP contribution in [0.5, 0.6) is 11.8 Å². The van der Waals surface area contributed by atoms with Crippen LogP contribution in [0.25, 0.3) is 21.1 Å². The molecule has 1 aromatic carbocycles. The van der Waals surface area contributed by atoms with Crippen molar-refractivity contribution < 1.29 is 9.53 Å². The van der Waals surface area contributed by atoms with Crippen LogP contribution in [0.3, 0.4) is 0 Å². The number of fused-ring (bicyclic) bond motifs is 6. The van der Waals surface area contributed by atoms with Gasteiger partial charge in [-0.15, -0.1) is 11.3 Å². The first kappa shape index (κ1) is 21.2. The highest BCUT2D eigenvalue weighted by atomic mass is 35.5. The van der Waals surface area contributed by atoms with Crippen molar-refractivity contribution >= 4 is 55.7 Å². The topological polar surface area (TPSA) is 105 Å². The van der Waals surface area contributed by atoms with Gasteiger partial charge in [0.1, 0.15) is 4.88 Å². The Bertz CT molecular complexity index is 1530. The summed E-state index contributed by atoms with van der Waals surface area (Å²) in [5.74, 6) is 0.736. The Balaban J connectivity index is 1.29. The summed E-state index contributed by atoms with van der Waals surface area (Å²) in [6.07, 6.45) is 5.55. The normalized spacial score (nSPS) is 19.0. The number of hydrogen-bond donors (Lipinski definition) is 2. The molecule has 4 aromatic rings. The molecule has 35 heavy (non-hydrogen) atoms. The maximum atomic E-state index is 13.0. The Kier molecular flexibility index (Phi) is 4.67. The van der Waals surface area contributed by atoms with Gasteiger partial charge in [0.05, 0.1) is 39.7 Å². The number of carbonyl (C=O) groups is 1. The van der Waals surface area contributed by atoms with E-state index in [9.17, 15) is 4.79 Å². The molecule has 0 bridgehead atoms. The summed E-state index contributed by atoms with van der Waals surface area (Å²) in [4.78, 5) is 34.1. The first-order valence-corrected chi connectivity index (χ1v) is 12.9. The summed E-state index contributed by atoms with van der Waals surface area (Å²) in [6.45, 7) is 2.31. The van der Waals surface area contributed by atoms with Gasteiger partial charge in [-0.25, -0.2) is 15.0 Å². The lowest BCUT2D eigenvalue weighted by molar-refractivity contribution is 0.0855. The summed E-state index contributed by atoms with van der Waals surface area (Å²) in [6, 6.07) is 3.90. The van der Waals surface area contributed by atoms with Gasteiger partial charge in [0.15, 0.2) is 0 Å². The molecule has 7 rings (SSSR count). The minimum atomic E-state index is -0.133. The number of nitrogens with one attached hydrogen (secondary N) is 2. The summed E-state index contributed by atoms with van der Waals surface area (Å²) >= 11 is 7.65. The summed E-state index contributed by atoms with van der Waals surface area (Å²) in [7, 11) is 2.05. The van der Waals surface area contributed by atoms with Crippen molar-refractivity contribution in [3.63, 3.8) is 0 Å². The molecule has 9 nitrogen and oxygen atoms in total. The Morgan fingerprint density at radius 1 is 1.23 bits per heavy atom. The Hall–Kier alpha value is -3.08. The quantitative estimate of drug-likeness (QED) is 0.390. The molecule has 3 aliphatic rings. The minimum absolute atomic E-state index is 0.0117. The summed E-state index contributed by atoms with van der Waals surface area (Å²) in [5.41, 5.74) is 3.96. The van der Waals surface area contributed by atoms with E-state index < -0.39 is 0 Å². The zero-order valence-corrected chi connectivity index (χ0v) is 20.6. The van der Waals surface area contributed by atoms with E-state index >= 15 is 0 Å². The minimum Gasteiger partial charge on any atom is -0.418 e. The van der Waals surface area contributed by atoms with Gasteiger partial charge in [0.2, 0.25) is 17.0 Å². The number of nitrogens with zero attached hydrogens (tertiary/aromatic N) is 5. The van der Waals surface area contributed by atoms with Gasteiger partial charge >= 0.3 is 0 Å². The van der Waals surface area contributed by atoms with Crippen LogP contribution in [-0.4, -0.2) is 56.4 Å². The van der Waals surface area contributed by atoms with Gasteiger partial charge in [-0.1, -0.05) is 0 Å². The number of hydrogen-bond acceptors (Lipinski definition) is 9. The largest absolute Gasteiger partial charge is 0.418 e. The first-order valence-electron chi connectivity index (χ1n) is 11.7. The molecule has 0 atom stereocenters. The van der Waals surface area contributed by atoms with E-state index in [2.05, 4.69) is 25.5 Å². The molecular weight excluding hydrogens is 486 g/mol. The third-order valence-corrected chi connectivity index (χ3v) is 8.55. The second-order valence-electron chi connectivity index (χ2n) is 9.58. The lowest BCUT2D eigenvalue weighted by atomic mass is 9.77. The first-order chi connectivity index (χ1) is 17.0. The number of rotatable bonds is 2. The standard InChI is InChI=1S/C24H22ClN7O2S/c1-32-8-5-13-12(10-32)22(30-23(25)29-13)34-16-9-26-18-14(28-16)3-4-15-17(18)19-20(35-15)21(33)31-24(11-27-19)6-2-7-24/h3-4,9,27H,2,5-8,10-11H2,1H3,(H,31,33). The highest BCUT2D eigenvalue weighted by Gasteiger charge is 2.41. The number of benzene rings is 1. The SMILES string of the molecule is CN1CCc2nc(Cl)nc(Oc3cnc4c(ccc5sc6c(c54)NCC4(CCC4)NC6=O)n3)c2C1. The van der Waals surface area contributed by atoms with Crippen molar-refractivity contribution in [3.05, 3.63) is 39.7 Å². The van der Waals surface area contributed by atoms with Crippen molar-refractivity contribution in [1.82, 2.24) is 30.2 Å². The van der Waals surface area contributed by atoms with Crippen LogP contribution >= 0.6 is 22.9 Å². The van der Waals surface area contributed by atoms with Crippen molar-refractivity contribution in [2.45, 2.75) is 37.8 Å². The van der Waals surface area contributed by atoms with Gasteiger partial charge in [0.25, 0.3) is 5.91 Å². The van der Waals surface area contributed by atoms with E-state index in [0.717, 1.165) is 71.3 Å². The maximum Gasteiger partial charge on any atom is 0.264 e. The van der Waals surface area contributed by atoms with E-state index in [1.165, 1.54) is 11.3 Å². The molecule has 2 N–H and O–H groups in total. The van der Waals surface area contributed by atoms with E-state index in [4.69, 9.17) is 26.3 Å². The van der Waals surface area contributed by atoms with Crippen LogP contribution in [0.15, 0.2) is 18.3 Å². The number of likely N-dealkylation sites (N-methyl/N-ethyl adjacent to an activating group) is 1. The molecule has 2 aliphatic heterocycles. The Labute approximate surface area is 209 Å². The fraction of sp³-hybridized carbons (Fsp3) is 0.375. The van der Waals surface area contributed by atoms with Crippen molar-refractivity contribution in [1.29, 1.82) is 0 Å². The third-order valence-electron chi connectivity index (χ3n) is 7.23. The second kappa shape index (κ2) is 7.71. The number of carbonyl (C=O) groups excluding carboxylic acids is 1. The van der Waals surface area contributed by atoms with Crippen molar-refractivity contribution in [2.75, 3.05) is 25.5 Å². The number of anilines is 1. The lowest BCUT2D eigenvalue weighted by Crippen LogP contribution is -2.56. The van der Waals surface area contributed by atoms with E-state index in [-0.39, 0.29) is 16.7 Å². The molecule has 1 amide bonds. The van der Waals surface area contributed by atoms with Crippen LogP contribution in [0.4, 0.5) is 5.69 Å². The number of amides is 1. The Morgan fingerprint density at radius 3 is 2.94 bits per heavy atom. The number of thiophene rings is 1. The Morgan fingerprint density at radius 2 is 2.11 bits per heavy atom. The number of halogens is 1. The van der Waals surface area contributed by atoms with Crippen LogP contribution < -0.4 is 15.4 Å². The number of ether oxygens (including phenoxy) is 1. The highest BCUT2D eigenvalue weighted by Crippen LogP contribution is 2.43. The average molecular weight is 508 g/mol. The molecule has 0 saturated heterocycles. The molecule has 1 saturated carbocycles. The fourth-order valence-electron chi connectivity index (χ4n) is 5.21. The molecule has 11 heteroatoms. The molecule has 0 radical (unpaired) electrons. The zero-order valence-electron chi connectivity index (χ0n) is 19.0. The maximum absolute atomic E-state index is 13.0. The molecule has 0 unspecified atom stereocenters. The van der Waals surface area contributed by atoms with Crippen LogP contribution in [0.2, 0.25) is 5.28 Å². The predicted molar refractivity (Wildman–Crippen MR) is 135 cm³/mol. The smallest absolute Gasteiger partial charge is 0.264 e. The average Bonchev–Trinajstić information content (AvgIpc) is 3.13. The second-order valence-corrected chi connectivity index (χ2v) is 11.0. The molecular formula is C24H22ClN7O2S. The predicted octanol–water partition coefficient (Wildman–Crippen LogP) is 4.15. The van der Waals surface area contributed by atoms with Crippen molar-refractivity contribution in [2.24, 2.45) is 0 Å². The van der Waals surface area contributed by atoms with E-state index in [1.54, 1.807) is 6.20 Å². The molecule has 178 valence electrons. The summed E-state index contributed by atoms with van der Waals surface area (Å²) in [5, 5.41) is 7.90.